The number of hydrogen-bond acceptors (Lipinski definition) is 3. The standard InChI is InChI=1S/C44H24N4S/c45-25-27-15-19-38-35(22-27)32-10-4-6-12-37(32)48(38)41-23-28(26-46)14-17-31(41)29-16-20-39-36(24-29)43-40(47(39)30-8-2-1-3-9-30)21-18-34-33-11-5-7-13-42(33)49-44(34)43/h1-24H. The minimum absolute atomic E-state index is 0.590. The molecule has 0 amide bonds. The maximum absolute atomic E-state index is 10.1. The van der Waals surface area contributed by atoms with Gasteiger partial charge in [-0.15, -0.1) is 11.3 Å². The summed E-state index contributed by atoms with van der Waals surface area (Å²) in [7, 11) is 0. The summed E-state index contributed by atoms with van der Waals surface area (Å²) in [6.07, 6.45) is 0. The first-order valence-electron chi connectivity index (χ1n) is 16.1. The maximum atomic E-state index is 10.1. The van der Waals surface area contributed by atoms with Crippen molar-refractivity contribution in [1.29, 1.82) is 10.5 Å². The molecule has 0 aliphatic rings. The molecule has 0 unspecified atom stereocenters. The van der Waals surface area contributed by atoms with Gasteiger partial charge in [0.2, 0.25) is 0 Å². The Morgan fingerprint density at radius 3 is 2.00 bits per heavy atom. The second kappa shape index (κ2) is 10.4. The fourth-order valence-corrected chi connectivity index (χ4v) is 8.90. The van der Waals surface area contributed by atoms with Gasteiger partial charge in [0.05, 0.1) is 51.0 Å². The molecular weight excluding hydrogens is 617 g/mol. The summed E-state index contributed by atoms with van der Waals surface area (Å²) in [5, 5.41) is 26.8. The Balaban J connectivity index is 1.31. The predicted molar refractivity (Wildman–Crippen MR) is 203 cm³/mol. The van der Waals surface area contributed by atoms with E-state index in [0.29, 0.717) is 11.1 Å². The third-order valence-corrected chi connectivity index (χ3v) is 11.0. The molecule has 0 aliphatic heterocycles. The highest BCUT2D eigenvalue weighted by molar-refractivity contribution is 7.26. The van der Waals surface area contributed by atoms with Crippen molar-refractivity contribution in [1.82, 2.24) is 9.13 Å². The summed E-state index contributed by atoms with van der Waals surface area (Å²) in [4.78, 5) is 0. The second-order valence-corrected chi connectivity index (χ2v) is 13.4. The Labute approximate surface area is 285 Å². The number of benzene rings is 7. The van der Waals surface area contributed by atoms with Crippen LogP contribution in [0.3, 0.4) is 0 Å². The van der Waals surface area contributed by atoms with Crippen LogP contribution in [-0.2, 0) is 0 Å². The summed E-state index contributed by atoms with van der Waals surface area (Å²) in [6.45, 7) is 0. The van der Waals surface area contributed by atoms with Crippen molar-refractivity contribution in [2.75, 3.05) is 0 Å². The zero-order valence-corrected chi connectivity index (χ0v) is 26.9. The Morgan fingerprint density at radius 1 is 0.469 bits per heavy atom. The van der Waals surface area contributed by atoms with Crippen LogP contribution in [0.2, 0.25) is 0 Å². The zero-order valence-electron chi connectivity index (χ0n) is 26.1. The highest BCUT2D eigenvalue weighted by Gasteiger charge is 2.21. The first-order chi connectivity index (χ1) is 24.2. The van der Waals surface area contributed by atoms with E-state index in [1.54, 1.807) is 0 Å². The third-order valence-electron chi connectivity index (χ3n) is 9.77. The van der Waals surface area contributed by atoms with Gasteiger partial charge in [-0.1, -0.05) is 72.8 Å². The maximum Gasteiger partial charge on any atom is 0.0992 e. The number of nitrogens with zero attached hydrogens (tertiary/aromatic N) is 4. The Morgan fingerprint density at radius 2 is 1.14 bits per heavy atom. The van der Waals surface area contributed by atoms with Crippen LogP contribution >= 0.6 is 11.3 Å². The van der Waals surface area contributed by atoms with Crippen molar-refractivity contribution in [2.45, 2.75) is 0 Å². The largest absolute Gasteiger partial charge is 0.309 e. The number of aromatic nitrogens is 2. The van der Waals surface area contributed by atoms with Gasteiger partial charge in [0.1, 0.15) is 0 Å². The molecule has 7 aromatic carbocycles. The van der Waals surface area contributed by atoms with Crippen LogP contribution in [0.1, 0.15) is 11.1 Å². The van der Waals surface area contributed by atoms with E-state index >= 15 is 0 Å². The third kappa shape index (κ3) is 3.95. The van der Waals surface area contributed by atoms with Crippen molar-refractivity contribution in [3.63, 3.8) is 0 Å². The minimum Gasteiger partial charge on any atom is -0.309 e. The van der Waals surface area contributed by atoms with E-state index in [2.05, 4.69) is 124 Å². The van der Waals surface area contributed by atoms with Crippen molar-refractivity contribution >= 4 is 75.1 Å². The van der Waals surface area contributed by atoms with Crippen molar-refractivity contribution in [3.8, 4) is 34.6 Å². The van der Waals surface area contributed by atoms with E-state index in [4.69, 9.17) is 0 Å². The van der Waals surface area contributed by atoms with Gasteiger partial charge in [0.25, 0.3) is 0 Å². The monoisotopic (exact) mass is 640 g/mol. The lowest BCUT2D eigenvalue weighted by molar-refractivity contribution is 1.17. The van der Waals surface area contributed by atoms with Crippen LogP contribution in [0, 0.1) is 22.7 Å². The van der Waals surface area contributed by atoms with Crippen LogP contribution in [0.5, 0.6) is 0 Å². The normalized spacial score (nSPS) is 11.6. The molecule has 4 nitrogen and oxygen atoms in total. The van der Waals surface area contributed by atoms with E-state index in [9.17, 15) is 10.5 Å². The topological polar surface area (TPSA) is 57.4 Å². The quantitative estimate of drug-likeness (QED) is 0.193. The first kappa shape index (κ1) is 27.5. The summed E-state index contributed by atoms with van der Waals surface area (Å²) in [5.41, 5.74) is 9.68. The minimum atomic E-state index is 0.590. The summed E-state index contributed by atoms with van der Waals surface area (Å²) in [6, 6.07) is 55.3. The second-order valence-electron chi connectivity index (χ2n) is 12.4. The SMILES string of the molecule is N#Cc1ccc(-c2ccc3c(c2)c2c4sc5ccccc5c4ccc2n3-c2ccccc2)c(-n2c3ccccc3c3cc(C#N)ccc32)c1. The molecule has 0 saturated carbocycles. The van der Waals surface area contributed by atoms with Gasteiger partial charge in [-0.25, -0.2) is 0 Å². The van der Waals surface area contributed by atoms with Gasteiger partial charge in [-0.05, 0) is 78.4 Å². The number of rotatable bonds is 3. The molecule has 3 aromatic heterocycles. The van der Waals surface area contributed by atoms with E-state index < -0.39 is 0 Å². The highest BCUT2D eigenvalue weighted by atomic mass is 32.1. The molecule has 10 aromatic rings. The Kier molecular flexibility index (Phi) is 5.84. The molecule has 0 radical (unpaired) electrons. The van der Waals surface area contributed by atoms with E-state index in [0.717, 1.165) is 49.8 Å². The van der Waals surface area contributed by atoms with Crippen molar-refractivity contribution in [2.24, 2.45) is 0 Å². The number of para-hydroxylation sites is 2. The van der Waals surface area contributed by atoms with Crippen molar-refractivity contribution in [3.05, 3.63) is 157 Å². The first-order valence-corrected chi connectivity index (χ1v) is 17.0. The lowest BCUT2D eigenvalue weighted by Gasteiger charge is -2.15. The van der Waals surface area contributed by atoms with Gasteiger partial charge >= 0.3 is 0 Å². The zero-order chi connectivity index (χ0) is 32.6. The molecule has 10 rings (SSSR count). The highest BCUT2D eigenvalue weighted by Crippen LogP contribution is 2.45. The fourth-order valence-electron chi connectivity index (χ4n) is 7.64. The molecule has 0 spiro atoms. The smallest absolute Gasteiger partial charge is 0.0992 e. The number of hydrogen-bond donors (Lipinski definition) is 0. The van der Waals surface area contributed by atoms with E-state index in [1.165, 1.54) is 36.5 Å². The number of nitriles is 2. The molecule has 3 heterocycles. The molecule has 0 fully saturated rings. The van der Waals surface area contributed by atoms with Crippen LogP contribution in [-0.4, -0.2) is 9.13 Å². The lowest BCUT2D eigenvalue weighted by Crippen LogP contribution is -1.98. The van der Waals surface area contributed by atoms with E-state index in [1.807, 2.05) is 53.8 Å². The molecule has 0 aliphatic carbocycles. The molecule has 0 saturated heterocycles. The van der Waals surface area contributed by atoms with E-state index in [-0.39, 0.29) is 0 Å². The van der Waals surface area contributed by atoms with Gasteiger partial charge < -0.3 is 9.13 Å². The molecule has 0 atom stereocenters. The Bertz CT molecular complexity index is 3070. The fraction of sp³-hybridized carbons (Fsp3) is 0. The molecule has 5 heteroatoms. The molecule has 0 N–H and O–H groups in total. The van der Waals surface area contributed by atoms with Crippen LogP contribution in [0.25, 0.3) is 86.3 Å². The van der Waals surface area contributed by atoms with Crippen LogP contribution < -0.4 is 0 Å². The molecule has 0 bridgehead atoms. The predicted octanol–water partition coefficient (Wildman–Crippen LogP) is 11.7. The van der Waals surface area contributed by atoms with Crippen LogP contribution in [0.15, 0.2) is 146 Å². The van der Waals surface area contributed by atoms with Crippen LogP contribution in [0.4, 0.5) is 0 Å². The summed E-state index contributed by atoms with van der Waals surface area (Å²) < 4.78 is 7.18. The average Bonchev–Trinajstić information content (AvgIpc) is 3.82. The van der Waals surface area contributed by atoms with Gasteiger partial charge in [0, 0.05) is 53.0 Å². The van der Waals surface area contributed by atoms with Crippen molar-refractivity contribution < 1.29 is 0 Å². The number of fused-ring (bicyclic) bond motifs is 10. The lowest BCUT2D eigenvalue weighted by atomic mass is 9.99. The molecular formula is C44H24N4S. The van der Waals surface area contributed by atoms with Gasteiger partial charge in [-0.3, -0.25) is 0 Å². The number of thiophene rings is 1. The molecule has 226 valence electrons. The van der Waals surface area contributed by atoms with Gasteiger partial charge in [0.15, 0.2) is 0 Å². The molecule has 49 heavy (non-hydrogen) atoms. The Hall–Kier alpha value is -6.66. The summed E-state index contributed by atoms with van der Waals surface area (Å²) in [5.74, 6) is 0. The summed E-state index contributed by atoms with van der Waals surface area (Å²) >= 11 is 1.85. The van der Waals surface area contributed by atoms with Gasteiger partial charge in [-0.2, -0.15) is 10.5 Å². The average molecular weight is 641 g/mol.